The van der Waals surface area contributed by atoms with Gasteiger partial charge in [0.2, 0.25) is 0 Å². The van der Waals surface area contributed by atoms with Crippen molar-refractivity contribution < 1.29 is 19.1 Å². The van der Waals surface area contributed by atoms with E-state index in [-0.39, 0.29) is 17.4 Å². The molecule has 1 aromatic carbocycles. The highest BCUT2D eigenvalue weighted by molar-refractivity contribution is 9.10. The molecule has 1 aromatic rings. The van der Waals surface area contributed by atoms with Gasteiger partial charge in [-0.05, 0) is 38.5 Å². The number of carbonyl (C=O) groups excluding carboxylic acids is 2. The third kappa shape index (κ3) is 7.43. The molecule has 4 nitrogen and oxygen atoms in total. The van der Waals surface area contributed by atoms with E-state index in [2.05, 4.69) is 40.6 Å². The lowest BCUT2D eigenvalue weighted by Crippen LogP contribution is -2.31. The van der Waals surface area contributed by atoms with Gasteiger partial charge in [-0.2, -0.15) is 0 Å². The van der Waals surface area contributed by atoms with E-state index in [0.29, 0.717) is 12.2 Å². The van der Waals surface area contributed by atoms with Crippen molar-refractivity contribution in [3.05, 3.63) is 39.4 Å². The summed E-state index contributed by atoms with van der Waals surface area (Å²) in [5, 5.41) is 0. The molecule has 1 heterocycles. The number of hydrogen-bond donors (Lipinski definition) is 0. The van der Waals surface area contributed by atoms with Crippen molar-refractivity contribution >= 4 is 27.9 Å². The zero-order chi connectivity index (χ0) is 19.8. The maximum absolute atomic E-state index is 11.4. The summed E-state index contributed by atoms with van der Waals surface area (Å²) in [6.07, 6.45) is 1.89. The molecule has 0 spiro atoms. The van der Waals surface area contributed by atoms with Crippen LogP contribution in [0.15, 0.2) is 28.3 Å². The Balaban J connectivity index is 0.000000493. The second kappa shape index (κ2) is 10.4. The molecular weight excluding hydrogens is 384 g/mol. The molecule has 0 amide bonds. The maximum Gasteiger partial charge on any atom is 0.330 e. The smallest absolute Gasteiger partial charge is 0.330 e. The van der Waals surface area contributed by atoms with Gasteiger partial charge in [-0.3, -0.25) is 4.79 Å². The van der Waals surface area contributed by atoms with Gasteiger partial charge in [0, 0.05) is 21.5 Å². The molecule has 0 atom stereocenters. The van der Waals surface area contributed by atoms with Crippen molar-refractivity contribution in [3.63, 3.8) is 0 Å². The zero-order valence-electron chi connectivity index (χ0n) is 16.5. The third-order valence-electron chi connectivity index (χ3n) is 3.36. The number of methoxy groups -OCH3 is 1. The summed E-state index contributed by atoms with van der Waals surface area (Å²) in [7, 11) is 1.36. The van der Waals surface area contributed by atoms with Crippen LogP contribution in [0.3, 0.4) is 0 Å². The van der Waals surface area contributed by atoms with Crippen LogP contribution in [-0.4, -0.2) is 19.0 Å². The van der Waals surface area contributed by atoms with E-state index in [9.17, 15) is 9.59 Å². The number of ether oxygens (including phenoxy) is 2. The third-order valence-corrected chi connectivity index (χ3v) is 3.82. The van der Waals surface area contributed by atoms with Gasteiger partial charge in [0.25, 0.3) is 0 Å². The van der Waals surface area contributed by atoms with Crippen LogP contribution in [0.25, 0.3) is 0 Å². The Labute approximate surface area is 159 Å². The molecule has 1 aliphatic rings. The van der Waals surface area contributed by atoms with Crippen LogP contribution in [0.1, 0.15) is 59.1 Å². The van der Waals surface area contributed by atoms with Crippen LogP contribution in [-0.2, 0) is 19.7 Å². The summed E-state index contributed by atoms with van der Waals surface area (Å²) in [5.74, 6) is 0.262. The number of carbonyl (C=O) groups is 2. The first-order chi connectivity index (χ1) is 11.6. The molecule has 0 aliphatic carbocycles. The van der Waals surface area contributed by atoms with E-state index >= 15 is 0 Å². The van der Waals surface area contributed by atoms with Crippen LogP contribution in [0.4, 0.5) is 0 Å². The predicted molar refractivity (Wildman–Crippen MR) is 105 cm³/mol. The van der Waals surface area contributed by atoms with Crippen molar-refractivity contribution in [2.24, 2.45) is 0 Å². The SMILES string of the molecule is CC.COC(=O)C=C(C)C.Cc1cc(Br)cc2c1C(C)(C)CC(=O)O2. The van der Waals surface area contributed by atoms with Crippen LogP contribution in [0.5, 0.6) is 5.75 Å². The molecule has 0 saturated carbocycles. The average molecular weight is 413 g/mol. The summed E-state index contributed by atoms with van der Waals surface area (Å²) >= 11 is 3.41. The fourth-order valence-corrected chi connectivity index (χ4v) is 3.11. The molecule has 1 aliphatic heterocycles. The first-order valence-corrected chi connectivity index (χ1v) is 9.10. The van der Waals surface area contributed by atoms with Crippen LogP contribution < -0.4 is 4.74 Å². The summed E-state index contributed by atoms with van der Waals surface area (Å²) in [5.41, 5.74) is 3.13. The molecule has 0 N–H and O–H groups in total. The molecule has 0 bridgehead atoms. The van der Waals surface area contributed by atoms with Gasteiger partial charge in [0.1, 0.15) is 5.75 Å². The number of benzene rings is 1. The lowest BCUT2D eigenvalue weighted by molar-refractivity contribution is -0.137. The summed E-state index contributed by atoms with van der Waals surface area (Å²) < 4.78 is 10.6. The van der Waals surface area contributed by atoms with E-state index in [1.165, 1.54) is 13.2 Å². The lowest BCUT2D eigenvalue weighted by atomic mass is 9.77. The van der Waals surface area contributed by atoms with Crippen LogP contribution >= 0.6 is 15.9 Å². The van der Waals surface area contributed by atoms with Crippen molar-refractivity contribution in [1.82, 2.24) is 0 Å². The molecule has 0 radical (unpaired) electrons. The monoisotopic (exact) mass is 412 g/mol. The minimum absolute atomic E-state index is 0.130. The van der Waals surface area contributed by atoms with E-state index in [1.807, 2.05) is 40.7 Å². The number of esters is 2. The molecule has 5 heteroatoms. The topological polar surface area (TPSA) is 52.6 Å². The van der Waals surface area contributed by atoms with Crippen LogP contribution in [0, 0.1) is 6.92 Å². The van der Waals surface area contributed by atoms with Gasteiger partial charge >= 0.3 is 11.9 Å². The van der Waals surface area contributed by atoms with Gasteiger partial charge in [-0.15, -0.1) is 0 Å². The molecule has 0 unspecified atom stereocenters. The average Bonchev–Trinajstić information content (AvgIpc) is 2.46. The standard InChI is InChI=1S/C12H13BrO2.C6H10O2.C2H6/c1-7-4-8(13)5-9-11(7)12(2,3)6-10(14)15-9;1-5(2)4-6(7)8-3;1-2/h4-5H,6H2,1-3H3;4H,1-3H3;1-2H3. The van der Waals surface area contributed by atoms with Gasteiger partial charge in [0.15, 0.2) is 0 Å². The van der Waals surface area contributed by atoms with Crippen molar-refractivity contribution in [2.45, 2.75) is 60.3 Å². The van der Waals surface area contributed by atoms with E-state index in [1.54, 1.807) is 0 Å². The molecular formula is C20H29BrO4. The fourth-order valence-electron chi connectivity index (χ4n) is 2.56. The van der Waals surface area contributed by atoms with Gasteiger partial charge in [-0.1, -0.05) is 49.2 Å². The highest BCUT2D eigenvalue weighted by Crippen LogP contribution is 2.42. The highest BCUT2D eigenvalue weighted by atomic mass is 79.9. The van der Waals surface area contributed by atoms with Crippen molar-refractivity contribution in [1.29, 1.82) is 0 Å². The van der Waals surface area contributed by atoms with Gasteiger partial charge in [0.05, 0.1) is 13.5 Å². The molecule has 25 heavy (non-hydrogen) atoms. The maximum atomic E-state index is 11.4. The summed E-state index contributed by atoms with van der Waals surface area (Å²) in [6, 6.07) is 3.92. The molecule has 140 valence electrons. The number of fused-ring (bicyclic) bond motifs is 1. The van der Waals surface area contributed by atoms with Gasteiger partial charge in [-0.25, -0.2) is 4.79 Å². The van der Waals surface area contributed by atoms with E-state index in [4.69, 9.17) is 4.74 Å². The lowest BCUT2D eigenvalue weighted by Gasteiger charge is -2.32. The Morgan fingerprint density at radius 3 is 2.28 bits per heavy atom. The van der Waals surface area contributed by atoms with Crippen molar-refractivity contribution in [2.75, 3.05) is 7.11 Å². The Morgan fingerprint density at radius 1 is 1.28 bits per heavy atom. The predicted octanol–water partition coefficient (Wildman–Crippen LogP) is 5.50. The summed E-state index contributed by atoms with van der Waals surface area (Å²) in [6.45, 7) is 13.9. The minimum Gasteiger partial charge on any atom is -0.466 e. The Hall–Kier alpha value is -1.62. The molecule has 0 aromatic heterocycles. The van der Waals surface area contributed by atoms with E-state index in [0.717, 1.165) is 21.2 Å². The van der Waals surface area contributed by atoms with Crippen molar-refractivity contribution in [3.8, 4) is 5.75 Å². The van der Waals surface area contributed by atoms with E-state index < -0.39 is 0 Å². The van der Waals surface area contributed by atoms with Crippen LogP contribution in [0.2, 0.25) is 0 Å². The van der Waals surface area contributed by atoms with Gasteiger partial charge < -0.3 is 9.47 Å². The normalized spacial score (nSPS) is 13.7. The molecule has 2 rings (SSSR count). The highest BCUT2D eigenvalue weighted by Gasteiger charge is 2.35. The first-order valence-electron chi connectivity index (χ1n) is 8.31. The number of hydrogen-bond acceptors (Lipinski definition) is 4. The number of halogens is 1. The number of aryl methyl sites for hydroxylation is 1. The number of rotatable bonds is 1. The first kappa shape index (κ1) is 23.4. The summed E-state index contributed by atoms with van der Waals surface area (Å²) in [4.78, 5) is 21.8. The largest absolute Gasteiger partial charge is 0.466 e. The second-order valence-corrected chi connectivity index (χ2v) is 7.29. The molecule has 0 saturated heterocycles. The minimum atomic E-state index is -0.287. The Bertz CT molecular complexity index is 641. The Kier molecular flexibility index (Phi) is 9.72. The number of allylic oxidation sites excluding steroid dienone is 1. The Morgan fingerprint density at radius 2 is 1.84 bits per heavy atom. The second-order valence-electron chi connectivity index (χ2n) is 6.38. The quantitative estimate of drug-likeness (QED) is 0.347. The molecule has 0 fully saturated rings. The zero-order valence-corrected chi connectivity index (χ0v) is 18.0. The fraction of sp³-hybridized carbons (Fsp3) is 0.500.